The zero-order valence-electron chi connectivity index (χ0n) is 12.6. The van der Waals surface area contributed by atoms with Gasteiger partial charge in [-0.25, -0.2) is 4.98 Å². The van der Waals surface area contributed by atoms with E-state index in [-0.39, 0.29) is 6.61 Å². The molecule has 0 unspecified atom stereocenters. The van der Waals surface area contributed by atoms with E-state index in [0.29, 0.717) is 18.0 Å². The van der Waals surface area contributed by atoms with Gasteiger partial charge in [0, 0.05) is 18.2 Å². The van der Waals surface area contributed by atoms with E-state index in [1.165, 1.54) is 0 Å². The predicted molar refractivity (Wildman–Crippen MR) is 85.4 cm³/mol. The molecule has 114 valence electrons. The van der Waals surface area contributed by atoms with Crippen LogP contribution in [0.2, 0.25) is 0 Å². The lowest BCUT2D eigenvalue weighted by Crippen LogP contribution is -2.04. The lowest BCUT2D eigenvalue weighted by molar-refractivity contribution is 0.278. The number of benzene rings is 2. The molecule has 22 heavy (non-hydrogen) atoms. The Kier molecular flexibility index (Phi) is 3.98. The fourth-order valence-corrected chi connectivity index (χ4v) is 2.56. The summed E-state index contributed by atoms with van der Waals surface area (Å²) in [5.74, 6) is 2.20. The molecule has 5 nitrogen and oxygen atoms in total. The van der Waals surface area contributed by atoms with Gasteiger partial charge in [0.15, 0.2) is 0 Å². The summed E-state index contributed by atoms with van der Waals surface area (Å²) in [5.41, 5.74) is 2.78. The number of imidazole rings is 1. The molecule has 3 aromatic rings. The van der Waals surface area contributed by atoms with E-state index in [0.717, 1.165) is 22.4 Å². The summed E-state index contributed by atoms with van der Waals surface area (Å²) in [6.07, 6.45) is 0. The van der Waals surface area contributed by atoms with Gasteiger partial charge in [0.1, 0.15) is 17.3 Å². The minimum Gasteiger partial charge on any atom is -0.497 e. The van der Waals surface area contributed by atoms with Gasteiger partial charge in [-0.05, 0) is 24.3 Å². The third kappa shape index (κ3) is 2.51. The molecule has 2 aromatic carbocycles. The average molecular weight is 298 g/mol. The highest BCUT2D eigenvalue weighted by Gasteiger charge is 2.14. The number of ether oxygens (including phenoxy) is 2. The molecule has 0 fully saturated rings. The first kappa shape index (κ1) is 14.4. The number of hydrogen-bond acceptors (Lipinski definition) is 4. The standard InChI is InChI=1S/C17H18N2O3/c1-21-13-9-12(10-14(11-13)22-2)17-18-15-5-3-4-6-16(15)19(17)7-8-20/h3-6,9-11,20H,7-8H2,1-2H3. The van der Waals surface area contributed by atoms with Gasteiger partial charge in [0.25, 0.3) is 0 Å². The van der Waals surface area contributed by atoms with Crippen molar-refractivity contribution in [3.63, 3.8) is 0 Å². The van der Waals surface area contributed by atoms with Gasteiger partial charge in [-0.15, -0.1) is 0 Å². The fraction of sp³-hybridized carbons (Fsp3) is 0.235. The smallest absolute Gasteiger partial charge is 0.141 e. The van der Waals surface area contributed by atoms with E-state index < -0.39 is 0 Å². The van der Waals surface area contributed by atoms with Crippen molar-refractivity contribution in [3.8, 4) is 22.9 Å². The molecule has 5 heteroatoms. The van der Waals surface area contributed by atoms with Crippen molar-refractivity contribution in [2.24, 2.45) is 0 Å². The first-order chi connectivity index (χ1) is 10.8. The van der Waals surface area contributed by atoms with Crippen molar-refractivity contribution in [2.75, 3.05) is 20.8 Å². The fourth-order valence-electron chi connectivity index (χ4n) is 2.56. The van der Waals surface area contributed by atoms with Crippen LogP contribution in [0.1, 0.15) is 0 Å². The molecule has 0 bridgehead atoms. The second kappa shape index (κ2) is 6.07. The Morgan fingerprint density at radius 2 is 1.73 bits per heavy atom. The Morgan fingerprint density at radius 3 is 2.36 bits per heavy atom. The molecule has 0 aliphatic rings. The van der Waals surface area contributed by atoms with Crippen LogP contribution in [0.3, 0.4) is 0 Å². The molecule has 0 amide bonds. The van der Waals surface area contributed by atoms with E-state index in [1.807, 2.05) is 47.0 Å². The number of fused-ring (bicyclic) bond motifs is 1. The zero-order valence-corrected chi connectivity index (χ0v) is 12.6. The SMILES string of the molecule is COc1cc(OC)cc(-c2nc3ccccc3n2CCO)c1. The molecular formula is C17H18N2O3. The summed E-state index contributed by atoms with van der Waals surface area (Å²) in [6, 6.07) is 13.5. The molecule has 0 saturated carbocycles. The number of aromatic nitrogens is 2. The van der Waals surface area contributed by atoms with E-state index in [1.54, 1.807) is 14.2 Å². The van der Waals surface area contributed by atoms with Gasteiger partial charge in [-0.2, -0.15) is 0 Å². The van der Waals surface area contributed by atoms with Gasteiger partial charge in [0.2, 0.25) is 0 Å². The number of hydrogen-bond donors (Lipinski definition) is 1. The zero-order chi connectivity index (χ0) is 15.5. The van der Waals surface area contributed by atoms with Crippen LogP contribution in [0.4, 0.5) is 0 Å². The van der Waals surface area contributed by atoms with Crippen molar-refractivity contribution < 1.29 is 14.6 Å². The van der Waals surface area contributed by atoms with E-state index in [2.05, 4.69) is 0 Å². The van der Waals surface area contributed by atoms with E-state index in [4.69, 9.17) is 14.5 Å². The van der Waals surface area contributed by atoms with Crippen molar-refractivity contribution >= 4 is 11.0 Å². The number of aliphatic hydroxyl groups is 1. The molecule has 1 N–H and O–H groups in total. The largest absolute Gasteiger partial charge is 0.497 e. The van der Waals surface area contributed by atoms with Crippen LogP contribution in [-0.2, 0) is 6.54 Å². The van der Waals surface area contributed by atoms with Crippen LogP contribution in [0.25, 0.3) is 22.4 Å². The lowest BCUT2D eigenvalue weighted by atomic mass is 10.2. The van der Waals surface area contributed by atoms with Crippen molar-refractivity contribution in [2.45, 2.75) is 6.54 Å². The third-order valence-electron chi connectivity index (χ3n) is 3.59. The summed E-state index contributed by atoms with van der Waals surface area (Å²) in [6.45, 7) is 0.532. The summed E-state index contributed by atoms with van der Waals surface area (Å²) in [4.78, 5) is 4.69. The lowest BCUT2D eigenvalue weighted by Gasteiger charge is -2.10. The molecule has 1 aromatic heterocycles. The highest BCUT2D eigenvalue weighted by molar-refractivity contribution is 5.81. The van der Waals surface area contributed by atoms with Gasteiger partial charge < -0.3 is 19.1 Å². The normalized spacial score (nSPS) is 10.9. The monoisotopic (exact) mass is 298 g/mol. The molecule has 0 radical (unpaired) electrons. The number of methoxy groups -OCH3 is 2. The number of para-hydroxylation sites is 2. The van der Waals surface area contributed by atoms with Crippen LogP contribution in [0, 0.1) is 0 Å². The first-order valence-electron chi connectivity index (χ1n) is 7.06. The van der Waals surface area contributed by atoms with E-state index >= 15 is 0 Å². The van der Waals surface area contributed by atoms with Crippen molar-refractivity contribution in [1.82, 2.24) is 9.55 Å². The minimum absolute atomic E-state index is 0.0501. The molecule has 0 spiro atoms. The van der Waals surface area contributed by atoms with Crippen LogP contribution in [0.15, 0.2) is 42.5 Å². The second-order valence-electron chi connectivity index (χ2n) is 4.90. The number of rotatable bonds is 5. The Balaban J connectivity index is 2.22. The molecule has 0 aliphatic carbocycles. The van der Waals surface area contributed by atoms with E-state index in [9.17, 15) is 5.11 Å². The third-order valence-corrected chi connectivity index (χ3v) is 3.59. The molecule has 1 heterocycles. The maximum absolute atomic E-state index is 9.37. The predicted octanol–water partition coefficient (Wildman–Crippen LogP) is 2.71. The average Bonchev–Trinajstić information content (AvgIpc) is 2.93. The Bertz CT molecular complexity index is 773. The number of aliphatic hydroxyl groups excluding tert-OH is 1. The summed E-state index contributed by atoms with van der Waals surface area (Å²) < 4.78 is 12.7. The highest BCUT2D eigenvalue weighted by atomic mass is 16.5. The molecule has 0 aliphatic heterocycles. The van der Waals surface area contributed by atoms with Crippen LogP contribution >= 0.6 is 0 Å². The van der Waals surface area contributed by atoms with Crippen LogP contribution in [-0.4, -0.2) is 35.5 Å². The number of nitrogens with zero attached hydrogens (tertiary/aromatic N) is 2. The maximum atomic E-state index is 9.37. The Morgan fingerprint density at radius 1 is 1.05 bits per heavy atom. The minimum atomic E-state index is 0.0501. The maximum Gasteiger partial charge on any atom is 0.141 e. The Labute approximate surface area is 128 Å². The summed E-state index contributed by atoms with van der Waals surface area (Å²) in [5, 5.41) is 9.37. The summed E-state index contributed by atoms with van der Waals surface area (Å²) in [7, 11) is 3.24. The van der Waals surface area contributed by atoms with Crippen LogP contribution < -0.4 is 9.47 Å². The molecule has 0 atom stereocenters. The topological polar surface area (TPSA) is 56.5 Å². The van der Waals surface area contributed by atoms with Crippen LogP contribution in [0.5, 0.6) is 11.5 Å². The van der Waals surface area contributed by atoms with Crippen molar-refractivity contribution in [3.05, 3.63) is 42.5 Å². The van der Waals surface area contributed by atoms with Gasteiger partial charge in [0.05, 0.1) is 31.9 Å². The summed E-state index contributed by atoms with van der Waals surface area (Å²) >= 11 is 0. The second-order valence-corrected chi connectivity index (χ2v) is 4.90. The Hall–Kier alpha value is -2.53. The quantitative estimate of drug-likeness (QED) is 0.787. The van der Waals surface area contributed by atoms with Gasteiger partial charge >= 0.3 is 0 Å². The highest BCUT2D eigenvalue weighted by Crippen LogP contribution is 2.31. The molecular weight excluding hydrogens is 280 g/mol. The molecule has 0 saturated heterocycles. The van der Waals surface area contributed by atoms with Gasteiger partial charge in [-0.3, -0.25) is 0 Å². The first-order valence-corrected chi connectivity index (χ1v) is 7.06. The van der Waals surface area contributed by atoms with Crippen molar-refractivity contribution in [1.29, 1.82) is 0 Å². The molecule has 3 rings (SSSR count). The van der Waals surface area contributed by atoms with Gasteiger partial charge in [-0.1, -0.05) is 12.1 Å².